The van der Waals surface area contributed by atoms with Crippen LogP contribution in [-0.4, -0.2) is 56.7 Å². The predicted molar refractivity (Wildman–Crippen MR) is 204 cm³/mol. The highest BCUT2D eigenvalue weighted by atomic mass is 16.7. The van der Waals surface area contributed by atoms with Crippen LogP contribution in [0.3, 0.4) is 0 Å². The Morgan fingerprint density at radius 2 is 1.06 bits per heavy atom. The van der Waals surface area contributed by atoms with E-state index in [1.807, 2.05) is 0 Å². The molecule has 0 saturated carbocycles. The molecule has 0 aromatic rings. The molecule has 0 spiro atoms. The standard InChI is InChI=1S/C42H81NO6/c1-4-7-10-13-16-17-18-19-20-23-29-38(49-42(45)39-30-28-34-43-39)33-37-46-40(44)31-24-25-32-41(47-35-26-21-14-11-8-5-2)48-36-27-22-15-12-9-6-3/h38-39,41,43H,4-37H2,1-3H3/t38?,39-/m1/s1. The van der Waals surface area contributed by atoms with Crippen molar-refractivity contribution in [1.29, 1.82) is 0 Å². The molecule has 49 heavy (non-hydrogen) atoms. The molecule has 0 bridgehead atoms. The van der Waals surface area contributed by atoms with Crippen LogP contribution in [0.4, 0.5) is 0 Å². The molecule has 1 heterocycles. The summed E-state index contributed by atoms with van der Waals surface area (Å²) in [6.45, 7) is 9.43. The Balaban J connectivity index is 2.33. The lowest BCUT2D eigenvalue weighted by molar-refractivity contribution is -0.154. The van der Waals surface area contributed by atoms with Gasteiger partial charge in [-0.2, -0.15) is 0 Å². The Morgan fingerprint density at radius 3 is 1.57 bits per heavy atom. The molecule has 0 radical (unpaired) electrons. The van der Waals surface area contributed by atoms with Crippen molar-refractivity contribution < 1.29 is 28.5 Å². The van der Waals surface area contributed by atoms with Crippen molar-refractivity contribution in [2.75, 3.05) is 26.4 Å². The van der Waals surface area contributed by atoms with E-state index in [9.17, 15) is 9.59 Å². The molecule has 290 valence electrons. The van der Waals surface area contributed by atoms with Crippen molar-refractivity contribution in [3.8, 4) is 0 Å². The zero-order valence-electron chi connectivity index (χ0n) is 32.7. The summed E-state index contributed by atoms with van der Waals surface area (Å²) in [4.78, 5) is 25.3. The summed E-state index contributed by atoms with van der Waals surface area (Å²) in [7, 11) is 0. The molecule has 1 rings (SSSR count). The SMILES string of the molecule is CCCCCCCCCCCCC(CCOC(=O)CCCCC(OCCCCCCCC)OCCCCCCCC)OC(=O)[C@H]1CCCN1. The fourth-order valence-electron chi connectivity index (χ4n) is 6.62. The molecule has 1 saturated heterocycles. The Bertz CT molecular complexity index is 710. The van der Waals surface area contributed by atoms with Crippen LogP contribution in [0.1, 0.15) is 213 Å². The molecule has 0 aromatic heterocycles. The van der Waals surface area contributed by atoms with Crippen molar-refractivity contribution in [3.05, 3.63) is 0 Å². The number of ether oxygens (including phenoxy) is 4. The van der Waals surface area contributed by atoms with Gasteiger partial charge in [0.15, 0.2) is 6.29 Å². The van der Waals surface area contributed by atoms with E-state index in [0.717, 1.165) is 84.0 Å². The third kappa shape index (κ3) is 29.1. The van der Waals surface area contributed by atoms with Gasteiger partial charge in [0.05, 0.1) is 6.61 Å². The zero-order valence-corrected chi connectivity index (χ0v) is 32.7. The van der Waals surface area contributed by atoms with Crippen molar-refractivity contribution in [3.63, 3.8) is 0 Å². The summed E-state index contributed by atoms with van der Waals surface area (Å²) < 4.78 is 23.9. The number of unbranched alkanes of at least 4 members (excludes halogenated alkanes) is 20. The normalized spacial score (nSPS) is 15.2. The van der Waals surface area contributed by atoms with Gasteiger partial charge in [0, 0.05) is 26.1 Å². The summed E-state index contributed by atoms with van der Waals surface area (Å²) in [5.74, 6) is -0.313. The van der Waals surface area contributed by atoms with Gasteiger partial charge >= 0.3 is 11.9 Å². The molecule has 7 heteroatoms. The van der Waals surface area contributed by atoms with Crippen LogP contribution in [0.5, 0.6) is 0 Å². The number of hydrogen-bond acceptors (Lipinski definition) is 7. The molecule has 1 aliphatic heterocycles. The third-order valence-corrected chi connectivity index (χ3v) is 9.88. The van der Waals surface area contributed by atoms with Gasteiger partial charge in [-0.15, -0.1) is 0 Å². The van der Waals surface area contributed by atoms with Gasteiger partial charge in [-0.25, -0.2) is 0 Å². The molecule has 7 nitrogen and oxygen atoms in total. The first kappa shape index (κ1) is 45.8. The maximum atomic E-state index is 12.7. The fourth-order valence-corrected chi connectivity index (χ4v) is 6.62. The van der Waals surface area contributed by atoms with E-state index in [-0.39, 0.29) is 30.4 Å². The van der Waals surface area contributed by atoms with Gasteiger partial charge < -0.3 is 24.3 Å². The highest BCUT2D eigenvalue weighted by Gasteiger charge is 2.26. The van der Waals surface area contributed by atoms with Crippen LogP contribution in [-0.2, 0) is 28.5 Å². The molecule has 1 aliphatic rings. The molecular weight excluding hydrogens is 614 g/mol. The summed E-state index contributed by atoms with van der Waals surface area (Å²) in [5, 5.41) is 3.25. The van der Waals surface area contributed by atoms with Crippen molar-refractivity contribution in [1.82, 2.24) is 5.32 Å². The maximum absolute atomic E-state index is 12.7. The first-order valence-corrected chi connectivity index (χ1v) is 21.4. The second kappa shape index (κ2) is 35.2. The lowest BCUT2D eigenvalue weighted by Crippen LogP contribution is -2.35. The minimum absolute atomic E-state index is 0.145. The van der Waals surface area contributed by atoms with Gasteiger partial charge in [-0.3, -0.25) is 9.59 Å². The topological polar surface area (TPSA) is 83.1 Å². The molecule has 1 N–H and O–H groups in total. The van der Waals surface area contributed by atoms with E-state index in [0.29, 0.717) is 19.4 Å². The summed E-state index contributed by atoms with van der Waals surface area (Å²) >= 11 is 0. The van der Waals surface area contributed by atoms with Crippen molar-refractivity contribution >= 4 is 11.9 Å². The van der Waals surface area contributed by atoms with Crippen LogP contribution >= 0.6 is 0 Å². The van der Waals surface area contributed by atoms with E-state index in [2.05, 4.69) is 26.1 Å². The molecule has 1 fully saturated rings. The van der Waals surface area contributed by atoms with Crippen molar-refractivity contribution in [2.45, 2.75) is 232 Å². The molecule has 0 aromatic carbocycles. The smallest absolute Gasteiger partial charge is 0.323 e. The molecule has 0 amide bonds. The lowest BCUT2D eigenvalue weighted by atomic mass is 10.0. The number of hydrogen-bond donors (Lipinski definition) is 1. The number of rotatable bonds is 37. The average Bonchev–Trinajstić information content (AvgIpc) is 3.65. The van der Waals surface area contributed by atoms with Crippen LogP contribution in [0.15, 0.2) is 0 Å². The van der Waals surface area contributed by atoms with Gasteiger partial charge in [0.2, 0.25) is 0 Å². The second-order valence-electron chi connectivity index (χ2n) is 14.6. The third-order valence-electron chi connectivity index (χ3n) is 9.88. The fraction of sp³-hybridized carbons (Fsp3) is 0.952. The van der Waals surface area contributed by atoms with Crippen molar-refractivity contribution in [2.24, 2.45) is 0 Å². The molecule has 1 unspecified atom stereocenters. The monoisotopic (exact) mass is 696 g/mol. The molecule has 2 atom stereocenters. The number of carbonyl (C=O) groups excluding carboxylic acids is 2. The van der Waals surface area contributed by atoms with Gasteiger partial charge in [-0.05, 0) is 64.3 Å². The number of carbonyl (C=O) groups is 2. The van der Waals surface area contributed by atoms with E-state index in [4.69, 9.17) is 18.9 Å². The number of esters is 2. The Morgan fingerprint density at radius 1 is 0.571 bits per heavy atom. The minimum atomic E-state index is -0.190. The molecular formula is C42H81NO6. The summed E-state index contributed by atoms with van der Waals surface area (Å²) in [6.07, 6.45) is 33.5. The van der Waals surface area contributed by atoms with Gasteiger partial charge in [0.1, 0.15) is 12.1 Å². The van der Waals surface area contributed by atoms with E-state index < -0.39 is 0 Å². The van der Waals surface area contributed by atoms with Crippen LogP contribution in [0.25, 0.3) is 0 Å². The Labute approximate surface area is 303 Å². The molecule has 0 aliphatic carbocycles. The predicted octanol–water partition coefficient (Wildman–Crippen LogP) is 11.5. The first-order valence-electron chi connectivity index (χ1n) is 21.4. The van der Waals surface area contributed by atoms with Gasteiger partial charge in [0.25, 0.3) is 0 Å². The highest BCUT2D eigenvalue weighted by Crippen LogP contribution is 2.18. The van der Waals surface area contributed by atoms with E-state index in [1.165, 1.54) is 116 Å². The quantitative estimate of drug-likeness (QED) is 0.0393. The zero-order chi connectivity index (χ0) is 35.5. The maximum Gasteiger partial charge on any atom is 0.323 e. The van der Waals surface area contributed by atoms with Gasteiger partial charge in [-0.1, -0.05) is 143 Å². The highest BCUT2D eigenvalue weighted by molar-refractivity contribution is 5.76. The van der Waals surface area contributed by atoms with E-state index in [1.54, 1.807) is 0 Å². The Kier molecular flexibility index (Phi) is 33.0. The largest absolute Gasteiger partial charge is 0.466 e. The van der Waals surface area contributed by atoms with Crippen LogP contribution < -0.4 is 5.32 Å². The van der Waals surface area contributed by atoms with Crippen LogP contribution in [0, 0.1) is 0 Å². The second-order valence-corrected chi connectivity index (χ2v) is 14.6. The van der Waals surface area contributed by atoms with E-state index >= 15 is 0 Å². The average molecular weight is 696 g/mol. The minimum Gasteiger partial charge on any atom is -0.466 e. The summed E-state index contributed by atoms with van der Waals surface area (Å²) in [5.41, 5.74) is 0. The van der Waals surface area contributed by atoms with Crippen LogP contribution in [0.2, 0.25) is 0 Å². The summed E-state index contributed by atoms with van der Waals surface area (Å²) in [6, 6.07) is -0.189. The number of nitrogens with one attached hydrogen (secondary N) is 1. The first-order chi connectivity index (χ1) is 24.1. The lowest BCUT2D eigenvalue weighted by Gasteiger charge is -2.20. The Hall–Kier alpha value is -1.18.